The molecular weight excluding hydrogens is 378 g/mol. The number of amides is 1. The van der Waals surface area contributed by atoms with Crippen molar-refractivity contribution >= 4 is 5.91 Å². The minimum atomic E-state index is -0.125. The summed E-state index contributed by atoms with van der Waals surface area (Å²) in [4.78, 5) is 19.5. The third-order valence-corrected chi connectivity index (χ3v) is 5.76. The monoisotopic (exact) mass is 401 g/mol. The second-order valence-corrected chi connectivity index (χ2v) is 7.57. The average molecular weight is 401 g/mol. The summed E-state index contributed by atoms with van der Waals surface area (Å²) in [5, 5.41) is 3.11. The number of nitrogens with one attached hydrogen (secondary N) is 1. The van der Waals surface area contributed by atoms with Crippen LogP contribution in [0.1, 0.15) is 33.1 Å². The zero-order valence-electron chi connectivity index (χ0n) is 16.6. The average Bonchev–Trinajstić information content (AvgIpc) is 3.28. The van der Waals surface area contributed by atoms with Crippen molar-refractivity contribution in [2.75, 3.05) is 19.9 Å². The highest BCUT2D eigenvalue weighted by Gasteiger charge is 2.26. The van der Waals surface area contributed by atoms with Crippen molar-refractivity contribution in [1.29, 1.82) is 0 Å². The largest absolute Gasteiger partial charge is 0.454 e. The van der Waals surface area contributed by atoms with Crippen molar-refractivity contribution < 1.29 is 14.3 Å². The van der Waals surface area contributed by atoms with E-state index in [0.29, 0.717) is 23.6 Å². The minimum Gasteiger partial charge on any atom is -0.454 e. The first kappa shape index (κ1) is 18.6. The van der Waals surface area contributed by atoms with Crippen molar-refractivity contribution in [3.05, 3.63) is 89.2 Å². The molecule has 0 spiro atoms. The van der Waals surface area contributed by atoms with E-state index in [1.807, 2.05) is 12.3 Å². The number of aromatic nitrogens is 1. The number of benzene rings is 2. The molecule has 1 N–H and O–H groups in total. The third kappa shape index (κ3) is 3.74. The molecule has 0 unspecified atom stereocenters. The van der Waals surface area contributed by atoms with Gasteiger partial charge in [0, 0.05) is 37.6 Å². The molecule has 0 saturated heterocycles. The van der Waals surface area contributed by atoms with Gasteiger partial charge in [0.15, 0.2) is 11.5 Å². The second-order valence-electron chi connectivity index (χ2n) is 7.57. The van der Waals surface area contributed by atoms with Gasteiger partial charge in [-0.1, -0.05) is 30.3 Å². The highest BCUT2D eigenvalue weighted by molar-refractivity contribution is 5.95. The summed E-state index contributed by atoms with van der Waals surface area (Å²) in [7, 11) is 0. The molecule has 0 radical (unpaired) electrons. The van der Waals surface area contributed by atoms with Gasteiger partial charge < -0.3 is 14.8 Å². The molecule has 0 saturated carbocycles. The van der Waals surface area contributed by atoms with Crippen LogP contribution in [0.5, 0.6) is 11.5 Å². The van der Waals surface area contributed by atoms with Crippen LogP contribution in [0, 0.1) is 0 Å². The lowest BCUT2D eigenvalue weighted by Crippen LogP contribution is -2.40. The maximum Gasteiger partial charge on any atom is 0.251 e. The van der Waals surface area contributed by atoms with Crippen molar-refractivity contribution in [1.82, 2.24) is 15.2 Å². The minimum absolute atomic E-state index is 0.0463. The van der Waals surface area contributed by atoms with Gasteiger partial charge >= 0.3 is 0 Å². The van der Waals surface area contributed by atoms with E-state index in [1.165, 1.54) is 11.1 Å². The number of nitrogens with zero attached hydrogens (tertiary/aromatic N) is 2. The van der Waals surface area contributed by atoms with Crippen molar-refractivity contribution in [3.8, 4) is 11.5 Å². The fourth-order valence-electron chi connectivity index (χ4n) is 4.14. The Morgan fingerprint density at radius 2 is 1.93 bits per heavy atom. The summed E-state index contributed by atoms with van der Waals surface area (Å²) in [5.74, 6) is 1.16. The topological polar surface area (TPSA) is 63.7 Å². The number of fused-ring (bicyclic) bond motifs is 2. The molecule has 5 rings (SSSR count). The maximum atomic E-state index is 12.8. The Kier molecular flexibility index (Phi) is 5.07. The Labute approximate surface area is 175 Å². The standard InChI is InChI=1S/C24H23N3O3/c28-24(18-7-8-22-23(12-18)30-16-29-22)26-14-21(19-6-3-10-25-13-19)27-11-9-17-4-1-2-5-20(17)15-27/h1-8,10,12-13,21H,9,11,14-16H2,(H,26,28)/t21-/m1/s1. The van der Waals surface area contributed by atoms with E-state index in [2.05, 4.69) is 45.5 Å². The normalized spacial score (nSPS) is 16.0. The number of rotatable bonds is 5. The summed E-state index contributed by atoms with van der Waals surface area (Å²) >= 11 is 0. The Balaban J connectivity index is 1.34. The highest BCUT2D eigenvalue weighted by atomic mass is 16.7. The van der Waals surface area contributed by atoms with Crippen molar-refractivity contribution in [2.24, 2.45) is 0 Å². The van der Waals surface area contributed by atoms with Crippen LogP contribution in [0.2, 0.25) is 0 Å². The Morgan fingerprint density at radius 1 is 1.07 bits per heavy atom. The fraction of sp³-hybridized carbons (Fsp3) is 0.250. The van der Waals surface area contributed by atoms with Gasteiger partial charge in [0.05, 0.1) is 6.04 Å². The number of ether oxygens (including phenoxy) is 2. The highest BCUT2D eigenvalue weighted by Crippen LogP contribution is 2.32. The molecule has 0 aliphatic carbocycles. The molecule has 1 atom stereocenters. The smallest absolute Gasteiger partial charge is 0.251 e. The van der Waals surface area contributed by atoms with Gasteiger partial charge in [0.25, 0.3) is 5.91 Å². The maximum absolute atomic E-state index is 12.8. The molecule has 2 aliphatic rings. The number of carbonyl (C=O) groups excluding carboxylic acids is 1. The van der Waals surface area contributed by atoms with Gasteiger partial charge in [-0.2, -0.15) is 0 Å². The lowest BCUT2D eigenvalue weighted by atomic mass is 9.97. The van der Waals surface area contributed by atoms with E-state index in [-0.39, 0.29) is 18.7 Å². The van der Waals surface area contributed by atoms with Gasteiger partial charge in [0.2, 0.25) is 6.79 Å². The van der Waals surface area contributed by atoms with Crippen molar-refractivity contribution in [3.63, 3.8) is 0 Å². The number of hydrogen-bond acceptors (Lipinski definition) is 5. The number of carbonyl (C=O) groups is 1. The van der Waals surface area contributed by atoms with E-state index in [4.69, 9.17) is 9.47 Å². The van der Waals surface area contributed by atoms with Crippen LogP contribution in [-0.2, 0) is 13.0 Å². The molecule has 30 heavy (non-hydrogen) atoms. The summed E-state index contributed by atoms with van der Waals surface area (Å²) in [6.07, 6.45) is 4.66. The first-order valence-electron chi connectivity index (χ1n) is 10.2. The molecule has 6 nitrogen and oxygen atoms in total. The summed E-state index contributed by atoms with van der Waals surface area (Å²) < 4.78 is 10.7. The molecular formula is C24H23N3O3. The lowest BCUT2D eigenvalue weighted by molar-refractivity contribution is 0.0927. The van der Waals surface area contributed by atoms with Gasteiger partial charge in [-0.3, -0.25) is 14.7 Å². The summed E-state index contributed by atoms with van der Waals surface area (Å²) in [5.41, 5.74) is 4.42. The van der Waals surface area contributed by atoms with E-state index in [0.717, 1.165) is 25.1 Å². The Morgan fingerprint density at radius 3 is 2.80 bits per heavy atom. The zero-order valence-corrected chi connectivity index (χ0v) is 16.6. The predicted molar refractivity (Wildman–Crippen MR) is 112 cm³/mol. The molecule has 3 heterocycles. The van der Waals surface area contributed by atoms with Crippen LogP contribution in [0.15, 0.2) is 67.0 Å². The number of hydrogen-bond donors (Lipinski definition) is 1. The predicted octanol–water partition coefficient (Wildman–Crippen LogP) is 3.34. The van der Waals surface area contributed by atoms with Crippen molar-refractivity contribution in [2.45, 2.75) is 19.0 Å². The second kappa shape index (κ2) is 8.16. The van der Waals surface area contributed by atoms with Crippen LogP contribution in [-0.4, -0.2) is 35.7 Å². The first-order valence-corrected chi connectivity index (χ1v) is 10.2. The quantitative estimate of drug-likeness (QED) is 0.711. The van der Waals surface area contributed by atoms with Crippen LogP contribution >= 0.6 is 0 Å². The molecule has 0 bridgehead atoms. The van der Waals surface area contributed by atoms with Gasteiger partial charge in [-0.05, 0) is 47.4 Å². The van der Waals surface area contributed by atoms with E-state index >= 15 is 0 Å². The zero-order chi connectivity index (χ0) is 20.3. The first-order chi connectivity index (χ1) is 14.8. The Bertz CT molecular complexity index is 1050. The Hall–Kier alpha value is -3.38. The number of pyridine rings is 1. The molecule has 2 aromatic carbocycles. The van der Waals surface area contributed by atoms with Gasteiger partial charge in [-0.15, -0.1) is 0 Å². The molecule has 2 aliphatic heterocycles. The molecule has 1 aromatic heterocycles. The fourth-order valence-corrected chi connectivity index (χ4v) is 4.14. The van der Waals surface area contributed by atoms with Crippen LogP contribution < -0.4 is 14.8 Å². The lowest BCUT2D eigenvalue weighted by Gasteiger charge is -2.36. The van der Waals surface area contributed by atoms with E-state index in [9.17, 15) is 4.79 Å². The van der Waals surface area contributed by atoms with Crippen LogP contribution in [0.25, 0.3) is 0 Å². The van der Waals surface area contributed by atoms with Crippen LogP contribution in [0.4, 0.5) is 0 Å². The molecule has 152 valence electrons. The molecule has 3 aromatic rings. The van der Waals surface area contributed by atoms with Gasteiger partial charge in [-0.25, -0.2) is 0 Å². The molecule has 0 fully saturated rings. The summed E-state index contributed by atoms with van der Waals surface area (Å²) in [6, 6.07) is 17.9. The molecule has 6 heteroatoms. The SMILES string of the molecule is O=C(NC[C@H](c1cccnc1)N1CCc2ccccc2C1)c1ccc2c(c1)OCO2. The third-order valence-electron chi connectivity index (χ3n) is 5.76. The van der Waals surface area contributed by atoms with E-state index in [1.54, 1.807) is 24.4 Å². The van der Waals surface area contributed by atoms with Gasteiger partial charge in [0.1, 0.15) is 0 Å². The summed E-state index contributed by atoms with van der Waals surface area (Å²) in [6.45, 7) is 2.49. The van der Waals surface area contributed by atoms with E-state index < -0.39 is 0 Å². The molecule has 1 amide bonds. The van der Waals surface area contributed by atoms with Crippen LogP contribution in [0.3, 0.4) is 0 Å².